The normalized spacial score (nSPS) is 20.2. The van der Waals surface area contributed by atoms with Crippen molar-refractivity contribution in [3.8, 4) is 0 Å². The Labute approximate surface area is 147 Å². The molecule has 2 rings (SSSR count). The lowest BCUT2D eigenvalue weighted by molar-refractivity contribution is -0.124. The van der Waals surface area contributed by atoms with Crippen molar-refractivity contribution >= 4 is 27.5 Å². The van der Waals surface area contributed by atoms with E-state index in [0.29, 0.717) is 12.1 Å². The van der Waals surface area contributed by atoms with Crippen LogP contribution in [0, 0.1) is 5.92 Å². The van der Waals surface area contributed by atoms with E-state index in [-0.39, 0.29) is 29.3 Å². The molecule has 0 saturated heterocycles. The van der Waals surface area contributed by atoms with Crippen molar-refractivity contribution in [1.29, 1.82) is 0 Å². The van der Waals surface area contributed by atoms with E-state index < -0.39 is 15.9 Å². The summed E-state index contributed by atoms with van der Waals surface area (Å²) >= 11 is 0. The lowest BCUT2D eigenvalue weighted by atomic mass is 10.00. The van der Waals surface area contributed by atoms with Gasteiger partial charge in [0.25, 0.3) is 0 Å². The van der Waals surface area contributed by atoms with Gasteiger partial charge in [-0.1, -0.05) is 12.5 Å². The summed E-state index contributed by atoms with van der Waals surface area (Å²) in [6.45, 7) is -0.177. The Bertz CT molecular complexity index is 735. The molecule has 0 bridgehead atoms. The predicted octanol–water partition coefficient (Wildman–Crippen LogP) is 0.167. The smallest absolute Gasteiger partial charge is 0.243 e. The largest absolute Gasteiger partial charge is 0.347 e. The van der Waals surface area contributed by atoms with Crippen LogP contribution in [0.2, 0.25) is 0 Å². The number of sulfonamides is 1. The highest BCUT2D eigenvalue weighted by molar-refractivity contribution is 7.89. The Kier molecular flexibility index (Phi) is 6.51. The van der Waals surface area contributed by atoms with E-state index in [9.17, 15) is 18.0 Å². The lowest BCUT2D eigenvalue weighted by Gasteiger charge is -2.14. The first-order valence-corrected chi connectivity index (χ1v) is 9.66. The third-order valence-electron chi connectivity index (χ3n) is 4.31. The fourth-order valence-electron chi connectivity index (χ4n) is 2.87. The van der Waals surface area contributed by atoms with Crippen LogP contribution in [0.3, 0.4) is 0 Å². The fraction of sp³-hybridized carbons (Fsp3) is 0.500. The average molecular weight is 368 g/mol. The van der Waals surface area contributed by atoms with Gasteiger partial charge in [-0.25, -0.2) is 13.1 Å². The first-order valence-electron chi connectivity index (χ1n) is 8.17. The molecule has 0 aromatic heterocycles. The van der Waals surface area contributed by atoms with Gasteiger partial charge < -0.3 is 16.4 Å². The molecule has 0 aliphatic heterocycles. The van der Waals surface area contributed by atoms with E-state index >= 15 is 0 Å². The number of amides is 2. The number of rotatable bonds is 7. The summed E-state index contributed by atoms with van der Waals surface area (Å²) in [5.41, 5.74) is 6.27. The van der Waals surface area contributed by atoms with Gasteiger partial charge in [0.2, 0.25) is 21.8 Å². The van der Waals surface area contributed by atoms with Crippen molar-refractivity contribution in [2.75, 3.05) is 18.9 Å². The van der Waals surface area contributed by atoms with Crippen LogP contribution in [0.25, 0.3) is 0 Å². The summed E-state index contributed by atoms with van der Waals surface area (Å²) < 4.78 is 25.7. The molecule has 2 amide bonds. The molecule has 8 nitrogen and oxygen atoms in total. The van der Waals surface area contributed by atoms with Crippen molar-refractivity contribution in [2.24, 2.45) is 11.7 Å². The Morgan fingerprint density at radius 3 is 2.64 bits per heavy atom. The average Bonchev–Trinajstić information content (AvgIpc) is 2.98. The zero-order valence-corrected chi connectivity index (χ0v) is 14.9. The first-order chi connectivity index (χ1) is 11.8. The highest BCUT2D eigenvalue weighted by Crippen LogP contribution is 2.26. The van der Waals surface area contributed by atoms with Crippen molar-refractivity contribution in [1.82, 2.24) is 10.0 Å². The molecule has 5 N–H and O–H groups in total. The number of carbonyl (C=O) groups excluding carboxylic acids is 2. The second kappa shape index (κ2) is 8.41. The molecule has 1 fully saturated rings. The molecule has 1 saturated carbocycles. The van der Waals surface area contributed by atoms with E-state index in [0.717, 1.165) is 19.3 Å². The molecule has 0 radical (unpaired) electrons. The minimum Gasteiger partial charge on any atom is -0.347 e. The Balaban J connectivity index is 1.84. The summed E-state index contributed by atoms with van der Waals surface area (Å²) in [6.07, 6.45) is 3.23. The summed E-state index contributed by atoms with van der Waals surface area (Å²) in [4.78, 5) is 23.9. The van der Waals surface area contributed by atoms with Crippen LogP contribution < -0.4 is 21.1 Å². The van der Waals surface area contributed by atoms with Gasteiger partial charge >= 0.3 is 0 Å². The second-order valence-electron chi connectivity index (χ2n) is 6.12. The molecule has 138 valence electrons. The van der Waals surface area contributed by atoms with Crippen LogP contribution in [-0.4, -0.2) is 39.9 Å². The van der Waals surface area contributed by atoms with Crippen LogP contribution in [0.15, 0.2) is 29.2 Å². The van der Waals surface area contributed by atoms with Gasteiger partial charge in [0.15, 0.2) is 0 Å². The van der Waals surface area contributed by atoms with Gasteiger partial charge in [0, 0.05) is 18.2 Å². The molecule has 1 aromatic rings. The maximum Gasteiger partial charge on any atom is 0.243 e. The molecule has 1 aromatic carbocycles. The van der Waals surface area contributed by atoms with Gasteiger partial charge in [-0.15, -0.1) is 0 Å². The van der Waals surface area contributed by atoms with Gasteiger partial charge in [-0.2, -0.15) is 0 Å². The van der Waals surface area contributed by atoms with Crippen molar-refractivity contribution < 1.29 is 18.0 Å². The summed E-state index contributed by atoms with van der Waals surface area (Å²) in [7, 11) is -2.27. The monoisotopic (exact) mass is 368 g/mol. The van der Waals surface area contributed by atoms with Gasteiger partial charge in [-0.05, 0) is 44.0 Å². The molecule has 1 aliphatic carbocycles. The van der Waals surface area contributed by atoms with E-state index in [4.69, 9.17) is 5.73 Å². The highest BCUT2D eigenvalue weighted by Gasteiger charge is 2.26. The molecule has 0 spiro atoms. The third-order valence-corrected chi connectivity index (χ3v) is 5.72. The van der Waals surface area contributed by atoms with Crippen molar-refractivity contribution in [3.63, 3.8) is 0 Å². The summed E-state index contributed by atoms with van der Waals surface area (Å²) in [6, 6.07) is 5.93. The van der Waals surface area contributed by atoms with Crippen molar-refractivity contribution in [3.05, 3.63) is 24.3 Å². The summed E-state index contributed by atoms with van der Waals surface area (Å²) in [5, 5.41) is 5.13. The quantitative estimate of drug-likeness (QED) is 0.545. The first kappa shape index (κ1) is 19.4. The Morgan fingerprint density at radius 1 is 1.24 bits per heavy atom. The maximum absolute atomic E-state index is 11.9. The molecule has 2 atom stereocenters. The number of hydrogen-bond donors (Lipinski definition) is 4. The van der Waals surface area contributed by atoms with Crippen LogP contribution in [0.5, 0.6) is 0 Å². The van der Waals surface area contributed by atoms with Crippen LogP contribution in [-0.2, 0) is 19.6 Å². The molecule has 9 heteroatoms. The third kappa shape index (κ3) is 5.52. The highest BCUT2D eigenvalue weighted by atomic mass is 32.2. The van der Waals surface area contributed by atoms with Gasteiger partial charge in [0.05, 0.1) is 11.4 Å². The number of nitrogens with two attached hydrogens (primary N) is 1. The molecule has 25 heavy (non-hydrogen) atoms. The minimum atomic E-state index is -3.58. The number of hydrogen-bond acceptors (Lipinski definition) is 5. The lowest BCUT2D eigenvalue weighted by Crippen LogP contribution is -2.36. The molecule has 0 heterocycles. The second-order valence-corrected chi connectivity index (χ2v) is 8.01. The minimum absolute atomic E-state index is 0.0482. The zero-order valence-electron chi connectivity index (χ0n) is 14.1. The van der Waals surface area contributed by atoms with Crippen LogP contribution >= 0.6 is 0 Å². The van der Waals surface area contributed by atoms with E-state index in [1.54, 1.807) is 6.07 Å². The Morgan fingerprint density at radius 2 is 2.00 bits per heavy atom. The summed E-state index contributed by atoms with van der Waals surface area (Å²) in [5.74, 6) is -0.460. The zero-order chi connectivity index (χ0) is 18.4. The molecule has 0 unspecified atom stereocenters. The van der Waals surface area contributed by atoms with Gasteiger partial charge in [0.1, 0.15) is 0 Å². The topological polar surface area (TPSA) is 130 Å². The molecular formula is C16H24N4O4S. The number of anilines is 1. The van der Waals surface area contributed by atoms with E-state index in [1.807, 2.05) is 0 Å². The van der Waals surface area contributed by atoms with Crippen LogP contribution in [0.1, 0.15) is 25.7 Å². The van der Waals surface area contributed by atoms with E-state index in [1.165, 1.54) is 25.2 Å². The number of carbonyl (C=O) groups is 2. The fourth-order valence-corrected chi connectivity index (χ4v) is 3.65. The standard InChI is InChI=1S/C16H24N4O4S/c1-18-25(23,24)13-6-3-5-12(9-13)20-16(22)10-19-15(21)8-11-4-2-7-14(11)17/h3,5-6,9,11,14,18H,2,4,7-8,10,17H2,1H3,(H,19,21)(H,20,22)/t11-,14+/m0/s1. The van der Waals surface area contributed by atoms with Crippen LogP contribution in [0.4, 0.5) is 5.69 Å². The van der Waals surface area contributed by atoms with Gasteiger partial charge in [-0.3, -0.25) is 9.59 Å². The Hall–Kier alpha value is -1.97. The number of benzene rings is 1. The molecular weight excluding hydrogens is 344 g/mol. The number of nitrogens with one attached hydrogen (secondary N) is 3. The van der Waals surface area contributed by atoms with Crippen molar-refractivity contribution in [2.45, 2.75) is 36.6 Å². The van der Waals surface area contributed by atoms with E-state index in [2.05, 4.69) is 15.4 Å². The maximum atomic E-state index is 11.9. The molecule has 1 aliphatic rings. The predicted molar refractivity (Wildman–Crippen MR) is 94.3 cm³/mol. The SMILES string of the molecule is CNS(=O)(=O)c1cccc(NC(=O)CNC(=O)C[C@@H]2CCC[C@H]2N)c1.